The summed E-state index contributed by atoms with van der Waals surface area (Å²) in [6.07, 6.45) is 5.25. The molecule has 2 heteroatoms. The standard InChI is InChI=1S/C14H20ClN/c1-14(2,3)16-11-7-6-9-12-8-4-5-10-13(12)15/h4-6,8-10,16H,7,11H2,1-3H3. The molecule has 0 aliphatic heterocycles. The first-order valence-electron chi connectivity index (χ1n) is 5.65. The van der Waals surface area contributed by atoms with Gasteiger partial charge in [-0.05, 0) is 45.4 Å². The minimum absolute atomic E-state index is 0.193. The summed E-state index contributed by atoms with van der Waals surface area (Å²) in [5.74, 6) is 0. The Labute approximate surface area is 104 Å². The second kappa shape index (κ2) is 6.07. The third-order valence-electron chi connectivity index (χ3n) is 2.17. The van der Waals surface area contributed by atoms with Crippen molar-refractivity contribution in [1.29, 1.82) is 0 Å². The highest BCUT2D eigenvalue weighted by atomic mass is 35.5. The number of nitrogens with one attached hydrogen (secondary N) is 1. The molecule has 1 nitrogen and oxygen atoms in total. The Balaban J connectivity index is 2.36. The van der Waals surface area contributed by atoms with Gasteiger partial charge in [0.25, 0.3) is 0 Å². The van der Waals surface area contributed by atoms with Gasteiger partial charge >= 0.3 is 0 Å². The van der Waals surface area contributed by atoms with Crippen LogP contribution in [-0.2, 0) is 0 Å². The molecule has 1 aromatic rings. The molecule has 0 spiro atoms. The van der Waals surface area contributed by atoms with Crippen molar-refractivity contribution in [2.24, 2.45) is 0 Å². The van der Waals surface area contributed by atoms with Gasteiger partial charge in [-0.2, -0.15) is 0 Å². The fourth-order valence-corrected chi connectivity index (χ4v) is 1.55. The van der Waals surface area contributed by atoms with Crippen molar-refractivity contribution in [3.05, 3.63) is 40.9 Å². The summed E-state index contributed by atoms with van der Waals surface area (Å²) in [7, 11) is 0. The highest BCUT2D eigenvalue weighted by Crippen LogP contribution is 2.16. The molecule has 0 radical (unpaired) electrons. The quantitative estimate of drug-likeness (QED) is 0.777. The van der Waals surface area contributed by atoms with Gasteiger partial charge in [-0.3, -0.25) is 0 Å². The van der Waals surface area contributed by atoms with E-state index in [9.17, 15) is 0 Å². The van der Waals surface area contributed by atoms with E-state index in [1.807, 2.05) is 24.3 Å². The van der Waals surface area contributed by atoms with Gasteiger partial charge in [0, 0.05) is 10.6 Å². The summed E-state index contributed by atoms with van der Waals surface area (Å²) in [6, 6.07) is 7.88. The minimum atomic E-state index is 0.193. The maximum Gasteiger partial charge on any atom is 0.0478 e. The van der Waals surface area contributed by atoms with Gasteiger partial charge in [0.15, 0.2) is 0 Å². The molecule has 0 aliphatic carbocycles. The topological polar surface area (TPSA) is 12.0 Å². The zero-order valence-corrected chi connectivity index (χ0v) is 11.0. The van der Waals surface area contributed by atoms with Gasteiger partial charge in [-0.15, -0.1) is 0 Å². The lowest BCUT2D eigenvalue weighted by atomic mass is 10.1. The van der Waals surface area contributed by atoms with E-state index in [0.29, 0.717) is 0 Å². The van der Waals surface area contributed by atoms with Crippen molar-refractivity contribution in [1.82, 2.24) is 5.32 Å². The van der Waals surface area contributed by atoms with Crippen molar-refractivity contribution in [2.45, 2.75) is 32.7 Å². The van der Waals surface area contributed by atoms with E-state index in [2.05, 4.69) is 38.2 Å². The van der Waals surface area contributed by atoms with Crippen molar-refractivity contribution in [2.75, 3.05) is 6.54 Å². The number of rotatable bonds is 4. The maximum absolute atomic E-state index is 6.04. The lowest BCUT2D eigenvalue weighted by molar-refractivity contribution is 0.431. The van der Waals surface area contributed by atoms with Crippen molar-refractivity contribution in [3.63, 3.8) is 0 Å². The minimum Gasteiger partial charge on any atom is -0.312 e. The number of hydrogen-bond donors (Lipinski definition) is 1. The monoisotopic (exact) mass is 237 g/mol. The molecule has 0 fully saturated rings. The molecule has 1 N–H and O–H groups in total. The predicted octanol–water partition coefficient (Wildman–Crippen LogP) is 4.13. The summed E-state index contributed by atoms with van der Waals surface area (Å²) in [4.78, 5) is 0. The molecular weight excluding hydrogens is 218 g/mol. The Morgan fingerprint density at radius 1 is 1.25 bits per heavy atom. The third kappa shape index (κ3) is 5.34. The van der Waals surface area contributed by atoms with Gasteiger partial charge in [0.2, 0.25) is 0 Å². The van der Waals surface area contributed by atoms with E-state index < -0.39 is 0 Å². The molecule has 0 atom stereocenters. The maximum atomic E-state index is 6.04. The zero-order chi connectivity index (χ0) is 12.0. The van der Waals surface area contributed by atoms with E-state index >= 15 is 0 Å². The van der Waals surface area contributed by atoms with E-state index in [-0.39, 0.29) is 5.54 Å². The summed E-state index contributed by atoms with van der Waals surface area (Å²) >= 11 is 6.04. The highest BCUT2D eigenvalue weighted by molar-refractivity contribution is 6.32. The summed E-state index contributed by atoms with van der Waals surface area (Å²) in [6.45, 7) is 7.50. The smallest absolute Gasteiger partial charge is 0.0478 e. The Morgan fingerprint density at radius 3 is 2.56 bits per heavy atom. The zero-order valence-electron chi connectivity index (χ0n) is 10.3. The molecule has 0 aliphatic rings. The van der Waals surface area contributed by atoms with Crippen LogP contribution < -0.4 is 5.32 Å². The average molecular weight is 238 g/mol. The Bertz CT molecular complexity index is 350. The Kier molecular flexibility index (Phi) is 5.04. The van der Waals surface area contributed by atoms with Crippen LogP contribution >= 0.6 is 11.6 Å². The van der Waals surface area contributed by atoms with Crippen LogP contribution in [0.4, 0.5) is 0 Å². The van der Waals surface area contributed by atoms with E-state index in [1.54, 1.807) is 0 Å². The second-order valence-corrected chi connectivity index (χ2v) is 5.30. The van der Waals surface area contributed by atoms with Crippen LogP contribution in [0.1, 0.15) is 32.8 Å². The van der Waals surface area contributed by atoms with Gasteiger partial charge in [-0.1, -0.05) is 42.0 Å². The Morgan fingerprint density at radius 2 is 1.94 bits per heavy atom. The highest BCUT2D eigenvalue weighted by Gasteiger charge is 2.06. The number of halogens is 1. The fourth-order valence-electron chi connectivity index (χ4n) is 1.35. The van der Waals surface area contributed by atoms with Crippen LogP contribution in [-0.4, -0.2) is 12.1 Å². The van der Waals surface area contributed by atoms with Gasteiger partial charge in [0.1, 0.15) is 0 Å². The van der Waals surface area contributed by atoms with Crippen LogP contribution in [0.2, 0.25) is 5.02 Å². The summed E-state index contributed by atoms with van der Waals surface area (Å²) < 4.78 is 0. The fraction of sp³-hybridized carbons (Fsp3) is 0.429. The molecule has 88 valence electrons. The molecule has 0 saturated carbocycles. The van der Waals surface area contributed by atoms with Crippen LogP contribution in [0.15, 0.2) is 30.3 Å². The molecule has 0 aromatic heterocycles. The van der Waals surface area contributed by atoms with Gasteiger partial charge in [0.05, 0.1) is 0 Å². The third-order valence-corrected chi connectivity index (χ3v) is 2.51. The number of benzene rings is 1. The first-order chi connectivity index (χ1) is 7.49. The predicted molar refractivity (Wildman–Crippen MR) is 72.9 cm³/mol. The molecule has 0 amide bonds. The van der Waals surface area contributed by atoms with Gasteiger partial charge in [-0.25, -0.2) is 0 Å². The normalized spacial score (nSPS) is 12.2. The molecule has 0 bridgehead atoms. The number of hydrogen-bond acceptors (Lipinski definition) is 1. The largest absolute Gasteiger partial charge is 0.312 e. The first kappa shape index (κ1) is 13.3. The van der Waals surface area contributed by atoms with Crippen LogP contribution in [0.5, 0.6) is 0 Å². The van der Waals surface area contributed by atoms with Crippen molar-refractivity contribution >= 4 is 17.7 Å². The SMILES string of the molecule is CC(C)(C)NCCC=Cc1ccccc1Cl. The van der Waals surface area contributed by atoms with E-state index in [4.69, 9.17) is 11.6 Å². The van der Waals surface area contributed by atoms with E-state index in [0.717, 1.165) is 23.6 Å². The molecule has 1 aromatic carbocycles. The van der Waals surface area contributed by atoms with Gasteiger partial charge < -0.3 is 5.32 Å². The lowest BCUT2D eigenvalue weighted by Crippen LogP contribution is -2.36. The molecule has 1 rings (SSSR count). The van der Waals surface area contributed by atoms with Crippen LogP contribution in [0.3, 0.4) is 0 Å². The second-order valence-electron chi connectivity index (χ2n) is 4.89. The van der Waals surface area contributed by atoms with E-state index in [1.165, 1.54) is 0 Å². The molecular formula is C14H20ClN. The first-order valence-corrected chi connectivity index (χ1v) is 6.03. The lowest BCUT2D eigenvalue weighted by Gasteiger charge is -2.19. The molecule has 0 saturated heterocycles. The average Bonchev–Trinajstić information content (AvgIpc) is 2.18. The summed E-state index contributed by atoms with van der Waals surface area (Å²) in [5.41, 5.74) is 1.28. The van der Waals surface area contributed by atoms with Crippen LogP contribution in [0, 0.1) is 0 Å². The molecule has 0 heterocycles. The molecule has 0 unspecified atom stereocenters. The summed E-state index contributed by atoms with van der Waals surface area (Å²) in [5, 5.41) is 4.25. The van der Waals surface area contributed by atoms with Crippen molar-refractivity contribution in [3.8, 4) is 0 Å². The Hall–Kier alpha value is -0.790. The van der Waals surface area contributed by atoms with Crippen LogP contribution in [0.25, 0.3) is 6.08 Å². The molecule has 16 heavy (non-hydrogen) atoms. The van der Waals surface area contributed by atoms with Crippen molar-refractivity contribution < 1.29 is 0 Å².